The molecule has 11 heteroatoms. The number of rotatable bonds is 1. The molecule has 0 saturated heterocycles. The van der Waals surface area contributed by atoms with Gasteiger partial charge in [-0.1, -0.05) is 54.1 Å². The van der Waals surface area contributed by atoms with Crippen LogP contribution in [-0.4, -0.2) is 21.9 Å². The maximum Gasteiger partial charge on any atom is 0.422 e. The fraction of sp³-hybridized carbons (Fsp3) is 0.200. The Morgan fingerprint density at radius 2 is 1.22 bits per heavy atom. The van der Waals surface area contributed by atoms with Crippen molar-refractivity contribution in [2.75, 3.05) is 7.11 Å². The zero-order valence-electron chi connectivity index (χ0n) is 19.8. The molecule has 36 heavy (non-hydrogen) atoms. The van der Waals surface area contributed by atoms with E-state index >= 15 is 0 Å². The van der Waals surface area contributed by atoms with E-state index in [9.17, 15) is 30.7 Å². The molecule has 0 unspecified atom stereocenters. The van der Waals surface area contributed by atoms with Crippen molar-refractivity contribution in [3.8, 4) is 5.75 Å². The Morgan fingerprint density at radius 3 is 1.47 bits per heavy atom. The lowest BCUT2D eigenvalue weighted by molar-refractivity contribution is -0.143. The fourth-order valence-corrected chi connectivity index (χ4v) is 2.35. The molecule has 0 radical (unpaired) electrons. The molecule has 0 amide bonds. The molecule has 0 atom stereocenters. The van der Waals surface area contributed by atoms with Crippen molar-refractivity contribution in [2.45, 2.75) is 20.0 Å². The standard InChI is InChI=1S/C8H3F7.C7H8O.C7H8.C3H5N3/c1-2-4(9)6(11)3(8(13,14)15)7(12)5(2)10;1-8-7-5-3-2-4-6-7;1-7-5-3-2-4-6-7;1-6-3-4-2-5-6/h1H3;2-6H,1H3;2-6H,1H3;2-3H,1H3. The summed E-state index contributed by atoms with van der Waals surface area (Å²) in [5.74, 6) is -8.03. The molecule has 0 aliphatic carbocycles. The van der Waals surface area contributed by atoms with Crippen molar-refractivity contribution in [2.24, 2.45) is 7.05 Å². The molecular weight excluding hydrogens is 491 g/mol. The zero-order chi connectivity index (χ0) is 27.3. The number of para-hydroxylation sites is 1. The predicted octanol–water partition coefficient (Wildman–Crippen LogP) is 7.08. The highest BCUT2D eigenvalue weighted by Crippen LogP contribution is 2.36. The van der Waals surface area contributed by atoms with Gasteiger partial charge >= 0.3 is 6.18 Å². The highest BCUT2D eigenvalue weighted by Gasteiger charge is 2.41. The Balaban J connectivity index is 0.000000259. The summed E-state index contributed by atoms with van der Waals surface area (Å²) in [5.41, 5.74) is -2.36. The second-order valence-corrected chi connectivity index (χ2v) is 6.99. The van der Waals surface area contributed by atoms with Crippen LogP contribution in [0.2, 0.25) is 0 Å². The van der Waals surface area contributed by atoms with Crippen LogP contribution in [0.15, 0.2) is 73.3 Å². The minimum atomic E-state index is -5.48. The first kappa shape index (κ1) is 30.1. The molecule has 0 N–H and O–H groups in total. The maximum absolute atomic E-state index is 12.7. The highest BCUT2D eigenvalue weighted by atomic mass is 19.4. The number of nitrogens with zero attached hydrogens (tertiary/aromatic N) is 3. The van der Waals surface area contributed by atoms with Crippen molar-refractivity contribution < 1.29 is 35.5 Å². The van der Waals surface area contributed by atoms with Gasteiger partial charge in [0.25, 0.3) is 0 Å². The van der Waals surface area contributed by atoms with Gasteiger partial charge in [0.2, 0.25) is 0 Å². The smallest absolute Gasteiger partial charge is 0.422 e. The van der Waals surface area contributed by atoms with Gasteiger partial charge in [0.05, 0.1) is 7.11 Å². The third kappa shape index (κ3) is 9.77. The van der Waals surface area contributed by atoms with E-state index in [0.717, 1.165) is 5.75 Å². The molecule has 0 aliphatic heterocycles. The van der Waals surface area contributed by atoms with Gasteiger partial charge in [0.1, 0.15) is 24.0 Å². The van der Waals surface area contributed by atoms with Gasteiger partial charge in [-0.3, -0.25) is 4.68 Å². The van der Waals surface area contributed by atoms with Crippen LogP contribution in [0.3, 0.4) is 0 Å². The van der Waals surface area contributed by atoms with E-state index < -0.39 is 40.6 Å². The normalized spacial score (nSPS) is 10.1. The minimum Gasteiger partial charge on any atom is -0.497 e. The topological polar surface area (TPSA) is 39.9 Å². The van der Waals surface area contributed by atoms with Crippen LogP contribution in [0.5, 0.6) is 5.75 Å². The zero-order valence-corrected chi connectivity index (χ0v) is 19.8. The van der Waals surface area contributed by atoms with Gasteiger partial charge in [-0.25, -0.2) is 22.5 Å². The van der Waals surface area contributed by atoms with Crippen LogP contribution in [0.1, 0.15) is 16.7 Å². The molecule has 0 saturated carbocycles. The Hall–Kier alpha value is -3.89. The third-order valence-corrected chi connectivity index (χ3v) is 4.22. The quantitative estimate of drug-likeness (QED) is 0.201. The monoisotopic (exact) mass is 515 g/mol. The SMILES string of the molecule is COc1ccccc1.Cc1c(F)c(F)c(C(F)(F)F)c(F)c1F.Cc1ccccc1.Cn1cncn1. The van der Waals surface area contributed by atoms with Gasteiger partial charge in [-0.2, -0.15) is 18.3 Å². The van der Waals surface area contributed by atoms with E-state index in [1.54, 1.807) is 18.1 Å². The minimum absolute atomic E-state index is 0.636. The number of methoxy groups -OCH3 is 1. The van der Waals surface area contributed by atoms with Crippen molar-refractivity contribution in [1.82, 2.24) is 14.8 Å². The molecule has 0 fully saturated rings. The van der Waals surface area contributed by atoms with E-state index in [1.807, 2.05) is 55.6 Å². The van der Waals surface area contributed by atoms with E-state index in [4.69, 9.17) is 4.74 Å². The van der Waals surface area contributed by atoms with Crippen LogP contribution in [0.4, 0.5) is 30.7 Å². The summed E-state index contributed by atoms with van der Waals surface area (Å²) in [4.78, 5) is 3.67. The van der Waals surface area contributed by atoms with Gasteiger partial charge in [-0.15, -0.1) is 0 Å². The molecule has 4 nitrogen and oxygen atoms in total. The average molecular weight is 515 g/mol. The number of hydrogen-bond donors (Lipinski definition) is 0. The van der Waals surface area contributed by atoms with Crippen molar-refractivity contribution in [3.05, 3.63) is 113 Å². The van der Waals surface area contributed by atoms with Crippen molar-refractivity contribution in [3.63, 3.8) is 0 Å². The Morgan fingerprint density at radius 1 is 0.750 bits per heavy atom. The second kappa shape index (κ2) is 14.5. The summed E-state index contributed by atoms with van der Waals surface area (Å²) in [7, 11) is 3.49. The third-order valence-electron chi connectivity index (χ3n) is 4.22. The molecule has 1 heterocycles. The summed E-state index contributed by atoms with van der Waals surface area (Å²) in [5, 5.41) is 3.72. The molecule has 1 aromatic heterocycles. The number of halogens is 7. The number of aryl methyl sites for hydroxylation is 2. The predicted molar refractivity (Wildman–Crippen MR) is 121 cm³/mol. The van der Waals surface area contributed by atoms with Gasteiger partial charge in [0, 0.05) is 12.6 Å². The highest BCUT2D eigenvalue weighted by molar-refractivity contribution is 5.30. The molecule has 0 bridgehead atoms. The van der Waals surface area contributed by atoms with Crippen LogP contribution < -0.4 is 4.74 Å². The number of benzene rings is 3. The molecular formula is C25H24F7N3O. The van der Waals surface area contributed by atoms with Gasteiger partial charge in [0.15, 0.2) is 23.3 Å². The molecule has 194 valence electrons. The first-order chi connectivity index (χ1) is 16.9. The van der Waals surface area contributed by atoms with Crippen LogP contribution in [-0.2, 0) is 13.2 Å². The summed E-state index contributed by atoms with van der Waals surface area (Å²) in [6, 6.07) is 19.9. The summed E-state index contributed by atoms with van der Waals surface area (Å²) < 4.78 is 93.3. The second-order valence-electron chi connectivity index (χ2n) is 6.99. The summed E-state index contributed by atoms with van der Waals surface area (Å²) in [6.45, 7) is 2.72. The number of alkyl halides is 3. The molecule has 0 spiro atoms. The van der Waals surface area contributed by atoms with Crippen LogP contribution in [0.25, 0.3) is 0 Å². The van der Waals surface area contributed by atoms with Gasteiger partial charge in [-0.05, 0) is 26.0 Å². The molecule has 4 aromatic rings. The van der Waals surface area contributed by atoms with Crippen molar-refractivity contribution >= 4 is 0 Å². The molecule has 4 rings (SSSR count). The van der Waals surface area contributed by atoms with E-state index in [0.29, 0.717) is 6.92 Å². The first-order valence-electron chi connectivity index (χ1n) is 10.2. The van der Waals surface area contributed by atoms with Gasteiger partial charge < -0.3 is 4.74 Å². The molecule has 3 aromatic carbocycles. The summed E-state index contributed by atoms with van der Waals surface area (Å²) >= 11 is 0. The maximum atomic E-state index is 12.7. The number of hydrogen-bond acceptors (Lipinski definition) is 3. The first-order valence-corrected chi connectivity index (χ1v) is 10.2. The van der Waals surface area contributed by atoms with Crippen LogP contribution in [0, 0.1) is 37.1 Å². The van der Waals surface area contributed by atoms with Crippen LogP contribution >= 0.6 is 0 Å². The average Bonchev–Trinajstić information content (AvgIpc) is 3.34. The van der Waals surface area contributed by atoms with E-state index in [2.05, 4.69) is 29.1 Å². The van der Waals surface area contributed by atoms with E-state index in [1.165, 1.54) is 11.9 Å². The lowest BCUT2D eigenvalue weighted by atomic mass is 10.1. The Bertz CT molecular complexity index is 1140. The Kier molecular flexibility index (Phi) is 12.1. The Labute approximate surface area is 204 Å². The fourth-order valence-electron chi connectivity index (χ4n) is 2.35. The lowest BCUT2D eigenvalue weighted by Gasteiger charge is -2.11. The van der Waals surface area contributed by atoms with Crippen molar-refractivity contribution in [1.29, 1.82) is 0 Å². The number of aromatic nitrogens is 3. The number of ether oxygens (including phenoxy) is 1. The lowest BCUT2D eigenvalue weighted by Crippen LogP contribution is -2.16. The summed E-state index contributed by atoms with van der Waals surface area (Å²) in [6.07, 6.45) is -2.34. The largest absolute Gasteiger partial charge is 0.497 e. The van der Waals surface area contributed by atoms with E-state index in [-0.39, 0.29) is 0 Å². The molecule has 0 aliphatic rings.